The van der Waals surface area contributed by atoms with Crippen molar-refractivity contribution in [1.29, 1.82) is 0 Å². The van der Waals surface area contributed by atoms with Crippen LogP contribution in [0.4, 0.5) is 0 Å². The summed E-state index contributed by atoms with van der Waals surface area (Å²) in [5, 5.41) is 10.2. The molecule has 6 saturated carbocycles. The van der Waals surface area contributed by atoms with Gasteiger partial charge in [0.1, 0.15) is 0 Å². The van der Waals surface area contributed by atoms with Crippen LogP contribution in [0.25, 0.3) is 0 Å². The van der Waals surface area contributed by atoms with Gasteiger partial charge in [-0.3, -0.25) is 0 Å². The summed E-state index contributed by atoms with van der Waals surface area (Å²) in [7, 11) is 0. The predicted molar refractivity (Wildman–Crippen MR) is 61.3 cm³/mol. The third-order valence-corrected chi connectivity index (χ3v) is 8.75. The van der Waals surface area contributed by atoms with Gasteiger partial charge in [-0.1, -0.05) is 15.9 Å². The monoisotopic (exact) mass is 298 g/mol. The Morgan fingerprint density at radius 1 is 1.18 bits per heavy atom. The third-order valence-electron chi connectivity index (χ3n) is 7.17. The highest BCUT2D eigenvalue weighted by atomic mass is 79.9. The number of hydrogen-bond acceptors (Lipinski definition) is 3. The first-order valence-electron chi connectivity index (χ1n) is 6.78. The smallest absolute Gasteiger partial charge is 0.187 e. The fourth-order valence-corrected chi connectivity index (χ4v) is 9.06. The van der Waals surface area contributed by atoms with E-state index < -0.39 is 0 Å². The summed E-state index contributed by atoms with van der Waals surface area (Å²) in [5.74, 6) is 3.79. The van der Waals surface area contributed by atoms with Gasteiger partial charge in [0.05, 0.1) is 23.6 Å². The molecule has 9 atom stereocenters. The molecule has 17 heavy (non-hydrogen) atoms. The summed E-state index contributed by atoms with van der Waals surface area (Å²) in [5.41, 5.74) is 0.240. The molecule has 7 rings (SSSR count). The maximum Gasteiger partial charge on any atom is 0.187 e. The Bertz CT molecular complexity index is 473. The molecule has 7 aliphatic rings. The number of rotatable bonds is 1. The molecule has 0 amide bonds. The number of alkyl halides is 1. The first-order chi connectivity index (χ1) is 8.13. The Kier molecular flexibility index (Phi) is 1.12. The van der Waals surface area contributed by atoms with Gasteiger partial charge in [0.15, 0.2) is 5.79 Å². The summed E-state index contributed by atoms with van der Waals surface area (Å²) < 4.78 is 12.2. The lowest BCUT2D eigenvalue weighted by molar-refractivity contribution is -0.193. The van der Waals surface area contributed by atoms with Crippen LogP contribution in [0.5, 0.6) is 0 Å². The molecule has 2 bridgehead atoms. The van der Waals surface area contributed by atoms with E-state index in [1.54, 1.807) is 0 Å². The van der Waals surface area contributed by atoms with Gasteiger partial charge in [0.25, 0.3) is 0 Å². The topological polar surface area (TPSA) is 38.7 Å². The molecule has 0 aromatic rings. The van der Waals surface area contributed by atoms with Crippen LogP contribution in [0.15, 0.2) is 0 Å². The molecule has 1 heterocycles. The van der Waals surface area contributed by atoms with Gasteiger partial charge >= 0.3 is 0 Å². The number of halogens is 1. The summed E-state index contributed by atoms with van der Waals surface area (Å²) in [6.45, 7) is 3.49. The van der Waals surface area contributed by atoms with Crippen LogP contribution in [0.2, 0.25) is 0 Å². The minimum Gasteiger partial charge on any atom is -0.393 e. The van der Waals surface area contributed by atoms with Gasteiger partial charge in [0.2, 0.25) is 0 Å². The summed E-state index contributed by atoms with van der Waals surface area (Å²) in [6.07, 6.45) is -0.154. The second-order valence-corrected chi connectivity index (χ2v) is 8.28. The van der Waals surface area contributed by atoms with Gasteiger partial charge in [-0.05, 0) is 36.5 Å². The Hall–Kier alpha value is 0.360. The van der Waals surface area contributed by atoms with Gasteiger partial charge in [-0.2, -0.15) is 0 Å². The number of aliphatic hydroxyl groups is 1. The molecule has 7 fully saturated rings. The first kappa shape index (κ1) is 9.29. The lowest BCUT2D eigenvalue weighted by Gasteiger charge is -2.38. The molecule has 1 saturated heterocycles. The fraction of sp³-hybridized carbons (Fsp3) is 1.00. The van der Waals surface area contributed by atoms with Gasteiger partial charge in [-0.25, -0.2) is 0 Å². The van der Waals surface area contributed by atoms with E-state index in [-0.39, 0.29) is 21.6 Å². The van der Waals surface area contributed by atoms with E-state index in [2.05, 4.69) is 15.9 Å². The van der Waals surface area contributed by atoms with Crippen LogP contribution in [-0.2, 0) is 9.47 Å². The normalized spacial score (nSPS) is 75.7. The quantitative estimate of drug-likeness (QED) is 0.734. The number of aliphatic hydroxyl groups excluding tert-OH is 1. The third kappa shape index (κ3) is 0.522. The van der Waals surface area contributed by atoms with Crippen molar-refractivity contribution in [1.82, 2.24) is 0 Å². The van der Waals surface area contributed by atoms with E-state index in [9.17, 15) is 5.11 Å². The first-order valence-corrected chi connectivity index (χ1v) is 7.57. The van der Waals surface area contributed by atoms with E-state index in [0.29, 0.717) is 17.8 Å². The van der Waals surface area contributed by atoms with Crippen LogP contribution in [0.3, 0.4) is 0 Å². The number of ether oxygens (including phenoxy) is 2. The molecule has 0 aromatic carbocycles. The molecule has 0 unspecified atom stereocenters. The SMILES string of the molecule is C[C@@H](O)[C@]12[C@@H]3[C@H]4[C@@H]5[C@H]1[C@H]2[C@@](Br)([C@@H]43)C51OCCO1. The average Bonchev–Trinajstić information content (AvgIpc) is 2.97. The molecular formula is C13H15BrO3. The standard InChI is InChI=1S/C13H15BrO3/c1-4(15)11-6-5-7(6)12(14)10(11)9(11)8(5)13(12)16-2-3-17-13/h4-10,15H,2-3H2,1H3/t4-,5-,6-,7+,8-,9+,10-,11+,12+/m1/s1. The van der Waals surface area contributed by atoms with Crippen LogP contribution >= 0.6 is 15.9 Å². The largest absolute Gasteiger partial charge is 0.393 e. The zero-order valence-corrected chi connectivity index (χ0v) is 11.2. The molecule has 1 aliphatic heterocycles. The van der Waals surface area contributed by atoms with Crippen molar-refractivity contribution in [2.45, 2.75) is 23.1 Å². The molecule has 92 valence electrons. The second-order valence-electron chi connectivity index (χ2n) is 6.97. The molecule has 1 spiro atoms. The Balaban J connectivity index is 1.60. The molecule has 4 heteroatoms. The van der Waals surface area contributed by atoms with Crippen molar-refractivity contribution in [2.24, 2.45) is 40.9 Å². The summed E-state index contributed by atoms with van der Waals surface area (Å²) in [6, 6.07) is 0. The van der Waals surface area contributed by atoms with Crippen molar-refractivity contribution in [2.75, 3.05) is 13.2 Å². The van der Waals surface area contributed by atoms with Crippen molar-refractivity contribution < 1.29 is 14.6 Å². The van der Waals surface area contributed by atoms with Crippen molar-refractivity contribution in [3.8, 4) is 0 Å². The molecule has 1 N–H and O–H groups in total. The van der Waals surface area contributed by atoms with Crippen molar-refractivity contribution in [3.05, 3.63) is 0 Å². The summed E-state index contributed by atoms with van der Waals surface area (Å²) in [4.78, 5) is 0. The average molecular weight is 299 g/mol. The lowest BCUT2D eigenvalue weighted by atomic mass is 9.90. The highest BCUT2D eigenvalue weighted by molar-refractivity contribution is 9.10. The second kappa shape index (κ2) is 2.05. The zero-order chi connectivity index (χ0) is 11.4. The minimum atomic E-state index is -0.316. The van der Waals surface area contributed by atoms with Gasteiger partial charge in [-0.15, -0.1) is 0 Å². The minimum absolute atomic E-state index is 0.0398. The molecular weight excluding hydrogens is 284 g/mol. The molecule has 6 aliphatic carbocycles. The molecule has 3 nitrogen and oxygen atoms in total. The van der Waals surface area contributed by atoms with E-state index in [1.807, 2.05) is 6.92 Å². The Morgan fingerprint density at radius 2 is 1.88 bits per heavy atom. The van der Waals surface area contributed by atoms with E-state index in [1.165, 1.54) is 0 Å². The Morgan fingerprint density at radius 3 is 2.29 bits per heavy atom. The Labute approximate surface area is 108 Å². The van der Waals surface area contributed by atoms with Crippen LogP contribution in [-0.4, -0.2) is 34.5 Å². The molecule has 0 aromatic heterocycles. The van der Waals surface area contributed by atoms with Crippen LogP contribution < -0.4 is 0 Å². The molecule has 0 radical (unpaired) electrons. The fourth-order valence-electron chi connectivity index (χ4n) is 7.30. The van der Waals surface area contributed by atoms with Crippen LogP contribution in [0.1, 0.15) is 6.92 Å². The van der Waals surface area contributed by atoms with Crippen LogP contribution in [0, 0.1) is 40.9 Å². The summed E-state index contributed by atoms with van der Waals surface area (Å²) >= 11 is 4.05. The highest BCUT2D eigenvalue weighted by Gasteiger charge is 3.09. The van der Waals surface area contributed by atoms with Crippen molar-refractivity contribution >= 4 is 15.9 Å². The van der Waals surface area contributed by atoms with E-state index in [4.69, 9.17) is 9.47 Å². The van der Waals surface area contributed by atoms with Gasteiger partial charge in [0, 0.05) is 11.3 Å². The maximum atomic E-state index is 10.2. The van der Waals surface area contributed by atoms with E-state index >= 15 is 0 Å². The lowest BCUT2D eigenvalue weighted by Crippen LogP contribution is -2.50. The van der Waals surface area contributed by atoms with E-state index in [0.717, 1.165) is 31.0 Å². The maximum absolute atomic E-state index is 10.2. The highest BCUT2D eigenvalue weighted by Crippen LogP contribution is 3.05. The van der Waals surface area contributed by atoms with Gasteiger partial charge < -0.3 is 14.6 Å². The predicted octanol–water partition coefficient (Wildman–Crippen LogP) is 0.996. The van der Waals surface area contributed by atoms with Crippen molar-refractivity contribution in [3.63, 3.8) is 0 Å². The zero-order valence-electron chi connectivity index (χ0n) is 9.60. The number of hydrogen-bond donors (Lipinski definition) is 1.